The van der Waals surface area contributed by atoms with Crippen LogP contribution in [0.4, 0.5) is 5.69 Å². The Labute approximate surface area is 207 Å². The maximum atomic E-state index is 12.7. The average molecular weight is 497 g/mol. The van der Waals surface area contributed by atoms with Crippen molar-refractivity contribution in [3.8, 4) is 0 Å². The lowest BCUT2D eigenvalue weighted by molar-refractivity contribution is 0.0663. The highest BCUT2D eigenvalue weighted by Gasteiger charge is 2.20. The summed E-state index contributed by atoms with van der Waals surface area (Å²) >= 11 is 7.53. The number of carbonyl (C=O) groups excluding carboxylic acids is 3. The van der Waals surface area contributed by atoms with E-state index in [0.717, 1.165) is 31.7 Å². The molecule has 0 aliphatic carbocycles. The summed E-state index contributed by atoms with van der Waals surface area (Å²) in [5.74, 6) is -0.538. The summed E-state index contributed by atoms with van der Waals surface area (Å²) in [6, 6.07) is 15.5. The molecule has 0 bridgehead atoms. The number of nitrogens with zero attached hydrogens (tertiary/aromatic N) is 2. The molecule has 176 valence electrons. The Morgan fingerprint density at radius 1 is 0.941 bits per heavy atom. The fourth-order valence-corrected chi connectivity index (χ4v) is 4.38. The van der Waals surface area contributed by atoms with Crippen LogP contribution in [0.15, 0.2) is 60.0 Å². The summed E-state index contributed by atoms with van der Waals surface area (Å²) in [6.07, 6.45) is 0. The number of hydrogen-bond acceptors (Lipinski definition) is 5. The van der Waals surface area contributed by atoms with E-state index >= 15 is 0 Å². The van der Waals surface area contributed by atoms with Crippen molar-refractivity contribution in [1.29, 1.82) is 0 Å². The van der Waals surface area contributed by atoms with Gasteiger partial charge in [-0.3, -0.25) is 14.4 Å². The van der Waals surface area contributed by atoms with Crippen molar-refractivity contribution in [3.63, 3.8) is 0 Å². The molecule has 3 aromatic rings. The number of thiophene rings is 1. The first-order chi connectivity index (χ1) is 16.4. The smallest absolute Gasteiger partial charge is 0.265 e. The molecular weight excluding hydrogens is 472 g/mol. The first-order valence-electron chi connectivity index (χ1n) is 10.9. The maximum absolute atomic E-state index is 12.7. The predicted octanol–water partition coefficient (Wildman–Crippen LogP) is 3.97. The van der Waals surface area contributed by atoms with E-state index < -0.39 is 0 Å². The molecule has 1 fully saturated rings. The summed E-state index contributed by atoms with van der Waals surface area (Å²) in [5, 5.41) is 7.78. The monoisotopic (exact) mass is 496 g/mol. The van der Waals surface area contributed by atoms with E-state index in [9.17, 15) is 14.4 Å². The van der Waals surface area contributed by atoms with Crippen LogP contribution in [-0.4, -0.2) is 60.7 Å². The second-order valence-electron chi connectivity index (χ2n) is 8.10. The van der Waals surface area contributed by atoms with Gasteiger partial charge in [0.1, 0.15) is 0 Å². The quantitative estimate of drug-likeness (QED) is 0.541. The molecule has 0 spiro atoms. The minimum atomic E-state index is -0.291. The zero-order chi connectivity index (χ0) is 24.1. The van der Waals surface area contributed by atoms with Gasteiger partial charge in [-0.05, 0) is 54.4 Å². The number of amides is 3. The van der Waals surface area contributed by atoms with Crippen molar-refractivity contribution in [3.05, 3.63) is 86.6 Å². The lowest BCUT2D eigenvalue weighted by Crippen LogP contribution is -2.47. The molecule has 4 rings (SSSR count). The number of hydrogen-bond donors (Lipinski definition) is 2. The van der Waals surface area contributed by atoms with Crippen LogP contribution in [0.25, 0.3) is 0 Å². The Balaban J connectivity index is 1.34. The van der Waals surface area contributed by atoms with Gasteiger partial charge in [-0.1, -0.05) is 29.8 Å². The number of anilines is 1. The third kappa shape index (κ3) is 5.83. The van der Waals surface area contributed by atoms with E-state index in [0.29, 0.717) is 33.3 Å². The number of nitrogens with one attached hydrogen (secondary N) is 2. The standard InChI is InChI=1S/C25H25ClN4O3S/c1-29-10-12-30(13-11-29)25(33)18-6-4-17(5-7-18)16-27-23(31)19-8-9-20(26)21(15-19)28-24(32)22-3-2-14-34-22/h2-9,14-15H,10-13,16H2,1H3,(H,27,31)(H,28,32). The maximum Gasteiger partial charge on any atom is 0.265 e. The van der Waals surface area contributed by atoms with Crippen LogP contribution in [0, 0.1) is 0 Å². The number of piperazine rings is 1. The number of benzene rings is 2. The molecule has 9 heteroatoms. The van der Waals surface area contributed by atoms with Crippen LogP contribution >= 0.6 is 22.9 Å². The Kier molecular flexibility index (Phi) is 7.62. The van der Waals surface area contributed by atoms with Gasteiger partial charge in [0.15, 0.2) is 0 Å². The van der Waals surface area contributed by atoms with Gasteiger partial charge in [-0.15, -0.1) is 11.3 Å². The van der Waals surface area contributed by atoms with Crippen LogP contribution in [0.5, 0.6) is 0 Å². The SMILES string of the molecule is CN1CCN(C(=O)c2ccc(CNC(=O)c3ccc(Cl)c(NC(=O)c4cccs4)c3)cc2)CC1. The van der Waals surface area contributed by atoms with Gasteiger partial charge in [-0.25, -0.2) is 0 Å². The zero-order valence-electron chi connectivity index (χ0n) is 18.7. The first-order valence-corrected chi connectivity index (χ1v) is 12.2. The van der Waals surface area contributed by atoms with Crippen molar-refractivity contribution < 1.29 is 14.4 Å². The molecule has 2 heterocycles. The molecular formula is C25H25ClN4O3S. The van der Waals surface area contributed by atoms with Crippen molar-refractivity contribution in [2.24, 2.45) is 0 Å². The summed E-state index contributed by atoms with van der Waals surface area (Å²) in [5.41, 5.74) is 2.28. The van der Waals surface area contributed by atoms with Gasteiger partial charge >= 0.3 is 0 Å². The first kappa shape index (κ1) is 23.9. The van der Waals surface area contributed by atoms with Gasteiger partial charge < -0.3 is 20.4 Å². The third-order valence-corrected chi connectivity index (χ3v) is 6.86. The molecule has 1 aliphatic rings. The van der Waals surface area contributed by atoms with Crippen LogP contribution in [-0.2, 0) is 6.54 Å². The van der Waals surface area contributed by atoms with E-state index in [2.05, 4.69) is 22.6 Å². The summed E-state index contributed by atoms with van der Waals surface area (Å²) in [7, 11) is 2.05. The second kappa shape index (κ2) is 10.8. The highest BCUT2D eigenvalue weighted by molar-refractivity contribution is 7.12. The van der Waals surface area contributed by atoms with Crippen molar-refractivity contribution in [2.75, 3.05) is 38.5 Å². The largest absolute Gasteiger partial charge is 0.348 e. The van der Waals surface area contributed by atoms with Crippen LogP contribution < -0.4 is 10.6 Å². The number of halogens is 1. The number of carbonyl (C=O) groups is 3. The van der Waals surface area contributed by atoms with Gasteiger partial charge in [0, 0.05) is 43.9 Å². The molecule has 0 unspecified atom stereocenters. The van der Waals surface area contributed by atoms with Crippen LogP contribution in [0.3, 0.4) is 0 Å². The van der Waals surface area contributed by atoms with Gasteiger partial charge in [0.25, 0.3) is 17.7 Å². The van der Waals surface area contributed by atoms with E-state index in [-0.39, 0.29) is 17.7 Å². The molecule has 34 heavy (non-hydrogen) atoms. The summed E-state index contributed by atoms with van der Waals surface area (Å²) < 4.78 is 0. The van der Waals surface area contributed by atoms with Crippen LogP contribution in [0.1, 0.15) is 36.0 Å². The fraction of sp³-hybridized carbons (Fsp3) is 0.240. The second-order valence-corrected chi connectivity index (χ2v) is 9.46. The lowest BCUT2D eigenvalue weighted by atomic mass is 10.1. The molecule has 7 nitrogen and oxygen atoms in total. The normalized spacial score (nSPS) is 14.0. The van der Waals surface area contributed by atoms with E-state index in [1.165, 1.54) is 11.3 Å². The number of likely N-dealkylation sites (N-methyl/N-ethyl adjacent to an activating group) is 1. The highest BCUT2D eigenvalue weighted by atomic mass is 35.5. The molecule has 0 atom stereocenters. The summed E-state index contributed by atoms with van der Waals surface area (Å²) in [4.78, 5) is 42.3. The molecule has 1 aromatic heterocycles. The molecule has 3 amide bonds. The molecule has 0 radical (unpaired) electrons. The van der Waals surface area contributed by atoms with Crippen LogP contribution in [0.2, 0.25) is 5.02 Å². The predicted molar refractivity (Wildman–Crippen MR) is 135 cm³/mol. The summed E-state index contributed by atoms with van der Waals surface area (Å²) in [6.45, 7) is 3.51. The molecule has 0 saturated carbocycles. The van der Waals surface area contributed by atoms with Gasteiger partial charge in [0.2, 0.25) is 0 Å². The van der Waals surface area contributed by atoms with E-state index in [1.807, 2.05) is 22.4 Å². The number of rotatable bonds is 6. The minimum Gasteiger partial charge on any atom is -0.348 e. The average Bonchev–Trinajstić information content (AvgIpc) is 3.39. The van der Waals surface area contributed by atoms with E-state index in [4.69, 9.17) is 11.6 Å². The third-order valence-electron chi connectivity index (χ3n) is 5.67. The molecule has 2 aromatic carbocycles. The Morgan fingerprint density at radius 3 is 2.32 bits per heavy atom. The minimum absolute atomic E-state index is 0.0296. The van der Waals surface area contributed by atoms with Crippen molar-refractivity contribution in [2.45, 2.75) is 6.54 Å². The van der Waals surface area contributed by atoms with Crippen molar-refractivity contribution >= 4 is 46.3 Å². The topological polar surface area (TPSA) is 81.8 Å². The van der Waals surface area contributed by atoms with Crippen molar-refractivity contribution in [1.82, 2.24) is 15.1 Å². The molecule has 1 aliphatic heterocycles. The molecule has 2 N–H and O–H groups in total. The molecule has 1 saturated heterocycles. The zero-order valence-corrected chi connectivity index (χ0v) is 20.3. The van der Waals surface area contributed by atoms with E-state index in [1.54, 1.807) is 42.5 Å². The Bertz CT molecular complexity index is 1170. The lowest BCUT2D eigenvalue weighted by Gasteiger charge is -2.32. The Morgan fingerprint density at radius 2 is 1.65 bits per heavy atom. The van der Waals surface area contributed by atoms with Gasteiger partial charge in [0.05, 0.1) is 15.6 Å². The Hall–Kier alpha value is -3.20. The van der Waals surface area contributed by atoms with Gasteiger partial charge in [-0.2, -0.15) is 0 Å². The fourth-order valence-electron chi connectivity index (χ4n) is 3.60. The highest BCUT2D eigenvalue weighted by Crippen LogP contribution is 2.24.